The van der Waals surface area contributed by atoms with Crippen LogP contribution in [-0.2, 0) is 12.0 Å². The molecule has 1 aliphatic rings. The highest BCUT2D eigenvalue weighted by Crippen LogP contribution is 2.37. The summed E-state index contributed by atoms with van der Waals surface area (Å²) >= 11 is 0. The van der Waals surface area contributed by atoms with E-state index in [-0.39, 0.29) is 6.04 Å². The lowest BCUT2D eigenvalue weighted by molar-refractivity contribution is 0.0112. The maximum absolute atomic E-state index is 13.4. The summed E-state index contributed by atoms with van der Waals surface area (Å²) in [5.41, 5.74) is 1.55. The van der Waals surface area contributed by atoms with Crippen molar-refractivity contribution in [1.29, 1.82) is 0 Å². The number of aromatic nitrogens is 1. The molecule has 0 fully saturated rings. The van der Waals surface area contributed by atoms with E-state index in [9.17, 15) is 9.50 Å². The molecule has 2 unspecified atom stereocenters. The van der Waals surface area contributed by atoms with Gasteiger partial charge in [0, 0.05) is 11.8 Å². The van der Waals surface area contributed by atoms with Crippen molar-refractivity contribution in [2.75, 3.05) is 6.54 Å². The van der Waals surface area contributed by atoms with Gasteiger partial charge in [0.25, 0.3) is 0 Å². The Morgan fingerprint density at radius 2 is 2.15 bits per heavy atom. The fourth-order valence-corrected chi connectivity index (χ4v) is 2.86. The van der Waals surface area contributed by atoms with Crippen LogP contribution >= 0.6 is 0 Å². The molecule has 1 aromatic carbocycles. The first kappa shape index (κ1) is 13.2. The molecule has 1 aliphatic heterocycles. The van der Waals surface area contributed by atoms with Gasteiger partial charge in [0.15, 0.2) is 0 Å². The van der Waals surface area contributed by atoms with E-state index in [4.69, 9.17) is 0 Å². The number of hydrogen-bond acceptors (Lipinski definition) is 3. The average Bonchev–Trinajstić information content (AvgIpc) is 2.46. The molecule has 104 valence electrons. The van der Waals surface area contributed by atoms with Gasteiger partial charge in [-0.15, -0.1) is 0 Å². The van der Waals surface area contributed by atoms with Crippen LogP contribution in [0.4, 0.5) is 4.39 Å². The van der Waals surface area contributed by atoms with E-state index in [0.717, 1.165) is 24.7 Å². The number of rotatable bonds is 2. The van der Waals surface area contributed by atoms with Gasteiger partial charge in [-0.1, -0.05) is 24.3 Å². The first-order valence-corrected chi connectivity index (χ1v) is 6.73. The van der Waals surface area contributed by atoms with Gasteiger partial charge in [0.05, 0.1) is 12.2 Å². The molecule has 3 nitrogen and oxygen atoms in total. The Hall–Kier alpha value is -1.78. The number of aliphatic hydroxyl groups is 1. The molecular formula is C16H17FN2O. The van der Waals surface area contributed by atoms with Crippen LogP contribution in [0.3, 0.4) is 0 Å². The molecule has 2 aromatic rings. The second kappa shape index (κ2) is 4.96. The van der Waals surface area contributed by atoms with E-state index in [2.05, 4.69) is 16.4 Å². The molecule has 0 saturated heterocycles. The SMILES string of the molecule is CC(O)(c1cncc(F)c1)C1NCCc2ccccc21. The smallest absolute Gasteiger partial charge is 0.141 e. The van der Waals surface area contributed by atoms with Crippen molar-refractivity contribution in [1.82, 2.24) is 10.3 Å². The predicted octanol–water partition coefficient (Wildman–Crippen LogP) is 2.32. The normalized spacial score (nSPS) is 21.1. The number of benzene rings is 1. The van der Waals surface area contributed by atoms with Crippen LogP contribution in [0.5, 0.6) is 0 Å². The maximum Gasteiger partial charge on any atom is 0.141 e. The molecule has 0 bridgehead atoms. The largest absolute Gasteiger partial charge is 0.383 e. The summed E-state index contributed by atoms with van der Waals surface area (Å²) < 4.78 is 13.4. The van der Waals surface area contributed by atoms with Crippen LogP contribution in [0.2, 0.25) is 0 Å². The van der Waals surface area contributed by atoms with E-state index in [1.807, 2.05) is 18.2 Å². The van der Waals surface area contributed by atoms with E-state index >= 15 is 0 Å². The zero-order chi connectivity index (χ0) is 14.2. The summed E-state index contributed by atoms with van der Waals surface area (Å²) in [6, 6.07) is 9.11. The van der Waals surface area contributed by atoms with Gasteiger partial charge in [0.2, 0.25) is 0 Å². The minimum Gasteiger partial charge on any atom is -0.383 e. The lowest BCUT2D eigenvalue weighted by Gasteiger charge is -2.38. The van der Waals surface area contributed by atoms with Crippen LogP contribution in [-0.4, -0.2) is 16.6 Å². The summed E-state index contributed by atoms with van der Waals surface area (Å²) in [6.45, 7) is 2.49. The van der Waals surface area contributed by atoms with Crippen molar-refractivity contribution in [2.24, 2.45) is 0 Å². The van der Waals surface area contributed by atoms with Crippen molar-refractivity contribution >= 4 is 0 Å². The summed E-state index contributed by atoms with van der Waals surface area (Å²) in [5.74, 6) is -0.438. The zero-order valence-corrected chi connectivity index (χ0v) is 11.3. The van der Waals surface area contributed by atoms with Crippen molar-refractivity contribution in [3.63, 3.8) is 0 Å². The number of pyridine rings is 1. The Labute approximate surface area is 117 Å². The Morgan fingerprint density at radius 1 is 1.35 bits per heavy atom. The van der Waals surface area contributed by atoms with Crippen molar-refractivity contribution in [2.45, 2.75) is 25.0 Å². The van der Waals surface area contributed by atoms with Gasteiger partial charge in [-0.05, 0) is 37.1 Å². The van der Waals surface area contributed by atoms with E-state index in [1.165, 1.54) is 17.8 Å². The molecule has 2 atom stereocenters. The Bertz CT molecular complexity index is 627. The third-order valence-corrected chi connectivity index (χ3v) is 3.96. The molecule has 0 spiro atoms. The van der Waals surface area contributed by atoms with Crippen molar-refractivity contribution in [3.05, 3.63) is 65.2 Å². The van der Waals surface area contributed by atoms with Gasteiger partial charge in [-0.3, -0.25) is 4.98 Å². The van der Waals surface area contributed by atoms with E-state index in [1.54, 1.807) is 6.92 Å². The minimum absolute atomic E-state index is 0.268. The van der Waals surface area contributed by atoms with Crippen LogP contribution in [0, 0.1) is 5.82 Å². The van der Waals surface area contributed by atoms with Gasteiger partial charge < -0.3 is 10.4 Å². The molecule has 4 heteroatoms. The summed E-state index contributed by atoms with van der Waals surface area (Å²) in [5, 5.41) is 14.2. The van der Waals surface area contributed by atoms with Gasteiger partial charge in [-0.2, -0.15) is 0 Å². The molecule has 2 N–H and O–H groups in total. The quantitative estimate of drug-likeness (QED) is 0.882. The second-order valence-corrected chi connectivity index (χ2v) is 5.38. The minimum atomic E-state index is -1.22. The van der Waals surface area contributed by atoms with Crippen LogP contribution in [0.1, 0.15) is 29.7 Å². The maximum atomic E-state index is 13.4. The predicted molar refractivity (Wildman–Crippen MR) is 74.7 cm³/mol. The second-order valence-electron chi connectivity index (χ2n) is 5.38. The third-order valence-electron chi connectivity index (χ3n) is 3.96. The van der Waals surface area contributed by atoms with E-state index < -0.39 is 11.4 Å². The molecule has 20 heavy (non-hydrogen) atoms. The Morgan fingerprint density at radius 3 is 2.95 bits per heavy atom. The van der Waals surface area contributed by atoms with Gasteiger partial charge in [0.1, 0.15) is 11.4 Å². The molecule has 3 rings (SSSR count). The van der Waals surface area contributed by atoms with Crippen LogP contribution in [0.15, 0.2) is 42.7 Å². The van der Waals surface area contributed by atoms with Crippen LogP contribution in [0.25, 0.3) is 0 Å². The number of nitrogens with zero attached hydrogens (tertiary/aromatic N) is 1. The highest BCUT2D eigenvalue weighted by atomic mass is 19.1. The summed E-state index contributed by atoms with van der Waals surface area (Å²) in [4.78, 5) is 3.84. The zero-order valence-electron chi connectivity index (χ0n) is 11.3. The fraction of sp³-hybridized carbons (Fsp3) is 0.312. The monoisotopic (exact) mass is 272 g/mol. The highest BCUT2D eigenvalue weighted by molar-refractivity contribution is 5.36. The van der Waals surface area contributed by atoms with Gasteiger partial charge in [-0.25, -0.2) is 4.39 Å². The third kappa shape index (κ3) is 2.21. The number of fused-ring (bicyclic) bond motifs is 1. The Balaban J connectivity index is 2.04. The van der Waals surface area contributed by atoms with Crippen molar-refractivity contribution < 1.29 is 9.50 Å². The fourth-order valence-electron chi connectivity index (χ4n) is 2.86. The van der Waals surface area contributed by atoms with Crippen LogP contribution < -0.4 is 5.32 Å². The lowest BCUT2D eigenvalue weighted by Crippen LogP contribution is -2.43. The molecule has 1 aromatic heterocycles. The van der Waals surface area contributed by atoms with Crippen molar-refractivity contribution in [3.8, 4) is 0 Å². The topological polar surface area (TPSA) is 45.2 Å². The average molecular weight is 272 g/mol. The molecular weight excluding hydrogens is 255 g/mol. The number of hydrogen-bond donors (Lipinski definition) is 2. The molecule has 0 amide bonds. The lowest BCUT2D eigenvalue weighted by atomic mass is 9.80. The standard InChI is InChI=1S/C16H17FN2O/c1-16(20,12-8-13(17)10-18-9-12)15-14-5-3-2-4-11(14)6-7-19-15/h2-5,8-10,15,19-20H,6-7H2,1H3. The van der Waals surface area contributed by atoms with E-state index in [0.29, 0.717) is 5.56 Å². The first-order chi connectivity index (χ1) is 9.59. The summed E-state index contributed by atoms with van der Waals surface area (Å²) in [7, 11) is 0. The Kier molecular flexibility index (Phi) is 3.28. The molecule has 2 heterocycles. The number of nitrogens with one attached hydrogen (secondary N) is 1. The highest BCUT2D eigenvalue weighted by Gasteiger charge is 2.37. The molecule has 0 radical (unpaired) electrons. The summed E-state index contributed by atoms with van der Waals surface area (Å²) in [6.07, 6.45) is 3.59. The van der Waals surface area contributed by atoms with Gasteiger partial charge >= 0.3 is 0 Å². The number of halogens is 1. The first-order valence-electron chi connectivity index (χ1n) is 6.73. The molecule has 0 aliphatic carbocycles. The molecule has 0 saturated carbocycles.